The summed E-state index contributed by atoms with van der Waals surface area (Å²) in [5, 5.41) is 13.8. The Kier molecular flexibility index (Phi) is 8.06. The first-order valence-corrected chi connectivity index (χ1v) is 13.1. The molecule has 3 amide bonds. The van der Waals surface area contributed by atoms with Gasteiger partial charge in [-0.05, 0) is 41.6 Å². The second-order valence-corrected chi connectivity index (χ2v) is 9.76. The molecule has 0 unspecified atom stereocenters. The number of nitrogens with one attached hydrogen (secondary N) is 1. The minimum atomic E-state index is -0.755. The number of hydrogen-bond donors (Lipinski definition) is 1. The molecule has 1 N–H and O–H groups in total. The third-order valence-corrected chi connectivity index (χ3v) is 6.94. The average Bonchev–Trinajstić information content (AvgIpc) is 3.23. The number of thioether (sulfide) groups is 1. The number of amides is 3. The first-order chi connectivity index (χ1) is 19.8. The van der Waals surface area contributed by atoms with E-state index in [1.165, 1.54) is 25.3 Å². The van der Waals surface area contributed by atoms with Gasteiger partial charge in [0.25, 0.3) is 16.8 Å². The van der Waals surface area contributed by atoms with Gasteiger partial charge in [-0.25, -0.2) is 0 Å². The largest absolute Gasteiger partial charge is 0.493 e. The van der Waals surface area contributed by atoms with Crippen LogP contribution in [0.1, 0.15) is 11.1 Å². The molecule has 2 aliphatic rings. The summed E-state index contributed by atoms with van der Waals surface area (Å²) in [4.78, 5) is 50.2. The maximum atomic E-state index is 13.0. The Morgan fingerprint density at radius 2 is 1.83 bits per heavy atom. The fourth-order valence-electron chi connectivity index (χ4n) is 4.09. The molecule has 41 heavy (non-hydrogen) atoms. The summed E-state index contributed by atoms with van der Waals surface area (Å²) in [5.74, 6) is -0.00350. The van der Waals surface area contributed by atoms with Gasteiger partial charge in [0, 0.05) is 11.8 Å². The molecule has 0 spiro atoms. The zero-order valence-corrected chi connectivity index (χ0v) is 22.5. The van der Waals surface area contributed by atoms with Gasteiger partial charge in [0.1, 0.15) is 26.4 Å². The Morgan fingerprint density at radius 1 is 1.07 bits per heavy atom. The van der Waals surface area contributed by atoms with Crippen LogP contribution in [0.4, 0.5) is 16.2 Å². The lowest BCUT2D eigenvalue weighted by atomic mass is 10.1. The molecule has 0 aliphatic carbocycles. The Labute approximate surface area is 238 Å². The number of benzene rings is 3. The Balaban J connectivity index is 1.32. The van der Waals surface area contributed by atoms with Crippen LogP contribution >= 0.6 is 11.8 Å². The van der Waals surface area contributed by atoms with Crippen LogP contribution in [0.3, 0.4) is 0 Å². The topological polar surface area (TPSA) is 147 Å². The predicted molar refractivity (Wildman–Crippen MR) is 149 cm³/mol. The molecule has 5 rings (SSSR count). The van der Waals surface area contributed by atoms with E-state index in [9.17, 15) is 24.5 Å². The molecule has 13 heteroatoms. The Bertz CT molecular complexity index is 1560. The highest BCUT2D eigenvalue weighted by atomic mass is 32.2. The number of hydrogen-bond acceptors (Lipinski definition) is 10. The van der Waals surface area contributed by atoms with Crippen molar-refractivity contribution in [2.45, 2.75) is 6.61 Å². The van der Waals surface area contributed by atoms with Gasteiger partial charge in [0.2, 0.25) is 5.91 Å². The van der Waals surface area contributed by atoms with E-state index < -0.39 is 28.5 Å². The van der Waals surface area contributed by atoms with Crippen LogP contribution in [-0.4, -0.2) is 53.7 Å². The first-order valence-electron chi connectivity index (χ1n) is 12.3. The highest BCUT2D eigenvalue weighted by Gasteiger charge is 2.37. The van der Waals surface area contributed by atoms with Crippen molar-refractivity contribution in [2.75, 3.05) is 32.2 Å². The van der Waals surface area contributed by atoms with Crippen molar-refractivity contribution < 1.29 is 38.3 Å². The van der Waals surface area contributed by atoms with E-state index in [2.05, 4.69) is 5.32 Å². The number of ether oxygens (including phenoxy) is 4. The van der Waals surface area contributed by atoms with Crippen molar-refractivity contribution in [1.82, 2.24) is 4.90 Å². The van der Waals surface area contributed by atoms with E-state index in [0.29, 0.717) is 42.2 Å². The molecule has 0 aromatic heterocycles. The van der Waals surface area contributed by atoms with Gasteiger partial charge in [-0.1, -0.05) is 30.3 Å². The molecule has 2 aliphatic heterocycles. The van der Waals surface area contributed by atoms with Crippen molar-refractivity contribution in [3.63, 3.8) is 0 Å². The van der Waals surface area contributed by atoms with Crippen LogP contribution in [-0.2, 0) is 16.2 Å². The number of nitro benzene ring substituents is 1. The average molecular weight is 578 g/mol. The van der Waals surface area contributed by atoms with Crippen LogP contribution < -0.4 is 24.3 Å². The fraction of sp³-hybridized carbons (Fsp3) is 0.179. The minimum Gasteiger partial charge on any atom is -0.493 e. The SMILES string of the molecule is COc1cc(/C=C2/SC(=O)N(CC(=O)Nc3ccc4c(c3)OCCO4)C2=O)c([N+](=O)[O-])cc1OCc1ccccc1. The summed E-state index contributed by atoms with van der Waals surface area (Å²) in [7, 11) is 1.38. The van der Waals surface area contributed by atoms with Crippen molar-refractivity contribution in [2.24, 2.45) is 0 Å². The number of imide groups is 1. The van der Waals surface area contributed by atoms with Crippen molar-refractivity contribution >= 4 is 46.3 Å². The number of carbonyl (C=O) groups excluding carboxylic acids is 3. The fourth-order valence-corrected chi connectivity index (χ4v) is 4.92. The molecule has 1 fully saturated rings. The van der Waals surface area contributed by atoms with E-state index in [1.54, 1.807) is 18.2 Å². The zero-order valence-electron chi connectivity index (χ0n) is 21.7. The normalized spacial score (nSPS) is 15.1. The summed E-state index contributed by atoms with van der Waals surface area (Å²) in [6.07, 6.45) is 1.23. The highest BCUT2D eigenvalue weighted by Crippen LogP contribution is 2.39. The minimum absolute atomic E-state index is 0.0325. The van der Waals surface area contributed by atoms with E-state index in [1.807, 2.05) is 30.3 Å². The molecule has 210 valence electrons. The standard InChI is InChI=1S/C28H23N3O9S/c1-37-22-11-18(20(31(35)36)14-24(22)40-16-17-5-3-2-4-6-17)12-25-27(33)30(28(34)41-25)15-26(32)29-19-7-8-21-23(13-19)39-10-9-38-21/h2-8,11-14H,9-10,15-16H2,1H3,(H,29,32)/b25-12+. The molecule has 0 atom stereocenters. The lowest BCUT2D eigenvalue weighted by molar-refractivity contribution is -0.385. The molecule has 2 heterocycles. The number of fused-ring (bicyclic) bond motifs is 1. The van der Waals surface area contributed by atoms with Crippen LogP contribution in [0.15, 0.2) is 65.6 Å². The number of carbonyl (C=O) groups is 3. The zero-order chi connectivity index (χ0) is 28.9. The van der Waals surface area contributed by atoms with Crippen molar-refractivity contribution in [3.05, 3.63) is 86.8 Å². The molecular formula is C28H23N3O9S. The van der Waals surface area contributed by atoms with Gasteiger partial charge >= 0.3 is 0 Å². The molecule has 1 saturated heterocycles. The molecule has 0 saturated carbocycles. The maximum absolute atomic E-state index is 13.0. The van der Waals surface area contributed by atoms with Gasteiger partial charge in [0.15, 0.2) is 23.0 Å². The summed E-state index contributed by atoms with van der Waals surface area (Å²) in [5.41, 5.74) is 0.939. The molecule has 3 aromatic rings. The van der Waals surface area contributed by atoms with E-state index >= 15 is 0 Å². The summed E-state index contributed by atoms with van der Waals surface area (Å²) in [6, 6.07) is 16.7. The van der Waals surface area contributed by atoms with Gasteiger partial charge in [-0.2, -0.15) is 0 Å². The Morgan fingerprint density at radius 3 is 2.56 bits per heavy atom. The number of nitrogens with zero attached hydrogens (tertiary/aromatic N) is 2. The first kappa shape index (κ1) is 27.5. The summed E-state index contributed by atoms with van der Waals surface area (Å²) >= 11 is 0.576. The molecule has 0 radical (unpaired) electrons. The lowest BCUT2D eigenvalue weighted by Crippen LogP contribution is -2.36. The monoisotopic (exact) mass is 577 g/mol. The third-order valence-electron chi connectivity index (χ3n) is 6.03. The van der Waals surface area contributed by atoms with Crippen LogP contribution in [0.5, 0.6) is 23.0 Å². The van der Waals surface area contributed by atoms with Gasteiger partial charge < -0.3 is 24.3 Å². The van der Waals surface area contributed by atoms with Crippen LogP contribution in [0.25, 0.3) is 6.08 Å². The molecule has 0 bridgehead atoms. The van der Waals surface area contributed by atoms with E-state index in [0.717, 1.165) is 10.5 Å². The van der Waals surface area contributed by atoms with Gasteiger partial charge in [-0.15, -0.1) is 0 Å². The van der Waals surface area contributed by atoms with Gasteiger partial charge in [-0.3, -0.25) is 29.4 Å². The quantitative estimate of drug-likeness (QED) is 0.217. The second-order valence-electron chi connectivity index (χ2n) is 8.77. The molecule has 3 aromatic carbocycles. The van der Waals surface area contributed by atoms with Crippen LogP contribution in [0.2, 0.25) is 0 Å². The number of nitro groups is 1. The highest BCUT2D eigenvalue weighted by molar-refractivity contribution is 8.18. The lowest BCUT2D eigenvalue weighted by Gasteiger charge is -2.19. The van der Waals surface area contributed by atoms with E-state index in [4.69, 9.17) is 18.9 Å². The van der Waals surface area contributed by atoms with Crippen molar-refractivity contribution in [1.29, 1.82) is 0 Å². The second kappa shape index (κ2) is 12.0. The number of methoxy groups -OCH3 is 1. The van der Waals surface area contributed by atoms with Gasteiger partial charge in [0.05, 0.1) is 28.6 Å². The smallest absolute Gasteiger partial charge is 0.294 e. The van der Waals surface area contributed by atoms with Crippen molar-refractivity contribution in [3.8, 4) is 23.0 Å². The van der Waals surface area contributed by atoms with Crippen LogP contribution in [0, 0.1) is 10.1 Å². The molecular weight excluding hydrogens is 554 g/mol. The number of anilines is 1. The maximum Gasteiger partial charge on any atom is 0.294 e. The summed E-state index contributed by atoms with van der Waals surface area (Å²) < 4.78 is 22.1. The third kappa shape index (κ3) is 6.25. The van der Waals surface area contributed by atoms with E-state index in [-0.39, 0.29) is 34.3 Å². The Hall–Kier alpha value is -5.04. The number of rotatable bonds is 9. The predicted octanol–water partition coefficient (Wildman–Crippen LogP) is 4.63. The summed E-state index contributed by atoms with van der Waals surface area (Å²) in [6.45, 7) is 0.406. The molecule has 12 nitrogen and oxygen atoms in total.